The van der Waals surface area contributed by atoms with Gasteiger partial charge in [0.15, 0.2) is 12.2 Å². The van der Waals surface area contributed by atoms with Gasteiger partial charge < -0.3 is 38.6 Å². The van der Waals surface area contributed by atoms with Crippen molar-refractivity contribution < 1.29 is 67.4 Å². The summed E-state index contributed by atoms with van der Waals surface area (Å²) in [6.07, 6.45) is -2.46. The average molecular weight is 436 g/mol. The number of hydrogen-bond acceptors (Lipinski definition) is 13. The van der Waals surface area contributed by atoms with Crippen LogP contribution in [0.2, 0.25) is 0 Å². The maximum atomic E-state index is 10.9. The fourth-order valence-electron chi connectivity index (χ4n) is 1.80. The normalized spacial score (nSPS) is 21.5. The van der Waals surface area contributed by atoms with E-state index in [1.54, 1.807) is 0 Å². The Bertz CT molecular complexity index is 642. The fourth-order valence-corrected chi connectivity index (χ4v) is 1.80. The molecule has 3 rings (SSSR count). The molecule has 2 N–H and O–H groups in total. The van der Waals surface area contributed by atoms with Crippen molar-refractivity contribution in [3.63, 3.8) is 0 Å². The zero-order chi connectivity index (χ0) is 22.5. The van der Waals surface area contributed by atoms with Gasteiger partial charge in [-0.25, -0.2) is 9.59 Å². The Morgan fingerprint density at radius 1 is 0.900 bits per heavy atom. The number of aliphatic hydroxyl groups is 1. The van der Waals surface area contributed by atoms with E-state index in [0.717, 1.165) is 0 Å². The van der Waals surface area contributed by atoms with E-state index in [4.69, 9.17) is 10.2 Å². The SMILES string of the molecule is O=C(O)CCC(=O)OCC1COC(=O)O1.O=C1CCC(=O)O1.O=C1OCC(CO)O1. The summed E-state index contributed by atoms with van der Waals surface area (Å²) >= 11 is 0. The summed E-state index contributed by atoms with van der Waals surface area (Å²) in [4.78, 5) is 61.6. The third-order valence-electron chi connectivity index (χ3n) is 3.24. The zero-order valence-corrected chi connectivity index (χ0v) is 15.6. The van der Waals surface area contributed by atoms with E-state index < -0.39 is 48.4 Å². The number of hydrogen-bond donors (Lipinski definition) is 2. The smallest absolute Gasteiger partial charge is 0.481 e. The summed E-state index contributed by atoms with van der Waals surface area (Å²) in [7, 11) is 0. The second-order valence-electron chi connectivity index (χ2n) is 5.71. The van der Waals surface area contributed by atoms with E-state index in [1.807, 2.05) is 0 Å². The lowest BCUT2D eigenvalue weighted by atomic mass is 10.3. The van der Waals surface area contributed by atoms with Crippen LogP contribution in [0.25, 0.3) is 0 Å². The molecule has 0 radical (unpaired) electrons. The second kappa shape index (κ2) is 12.9. The summed E-state index contributed by atoms with van der Waals surface area (Å²) in [5.41, 5.74) is 0. The molecule has 0 aromatic heterocycles. The Hall–Kier alpha value is -3.42. The number of carbonyl (C=O) groups excluding carboxylic acids is 5. The summed E-state index contributed by atoms with van der Waals surface area (Å²) in [5, 5.41) is 16.6. The minimum absolute atomic E-state index is 0.0467. The maximum absolute atomic E-state index is 10.9. The highest BCUT2D eigenvalue weighted by molar-refractivity contribution is 5.92. The number of aliphatic hydroxyl groups excluding tert-OH is 1. The molecule has 14 nitrogen and oxygen atoms in total. The fraction of sp³-hybridized carbons (Fsp3) is 0.625. The van der Waals surface area contributed by atoms with Crippen molar-refractivity contribution >= 4 is 36.2 Å². The summed E-state index contributed by atoms with van der Waals surface area (Å²) < 4.78 is 26.5. The van der Waals surface area contributed by atoms with Gasteiger partial charge in [0.2, 0.25) is 0 Å². The van der Waals surface area contributed by atoms with Gasteiger partial charge in [0, 0.05) is 0 Å². The third kappa shape index (κ3) is 10.8. The van der Waals surface area contributed by atoms with Crippen LogP contribution < -0.4 is 0 Å². The standard InChI is InChI=1S/C8H10O7.C4H6O4.C4H4O3/c9-6(10)1-2-7(11)13-3-5-4-14-8(12)15-5;5-1-3-2-7-4(6)8-3;5-3-1-2-4(6)7-3/h5H,1-4H2,(H,9,10);3,5H,1-2H2;1-2H2. The van der Waals surface area contributed by atoms with Crippen molar-refractivity contribution in [2.24, 2.45) is 0 Å². The summed E-state index contributed by atoms with van der Waals surface area (Å²) in [5.74, 6) is -2.50. The predicted molar refractivity (Wildman–Crippen MR) is 87.7 cm³/mol. The van der Waals surface area contributed by atoms with Gasteiger partial charge in [-0.3, -0.25) is 19.2 Å². The first-order valence-electron chi connectivity index (χ1n) is 8.58. The van der Waals surface area contributed by atoms with Gasteiger partial charge in [0.25, 0.3) is 0 Å². The van der Waals surface area contributed by atoms with E-state index in [0.29, 0.717) is 0 Å². The van der Waals surface area contributed by atoms with E-state index in [2.05, 4.69) is 28.4 Å². The minimum Gasteiger partial charge on any atom is -0.481 e. The summed E-state index contributed by atoms with van der Waals surface area (Å²) in [6, 6.07) is 0. The Labute approximate surface area is 168 Å². The lowest BCUT2D eigenvalue weighted by Crippen LogP contribution is -2.21. The number of rotatable bonds is 6. The molecule has 30 heavy (non-hydrogen) atoms. The van der Waals surface area contributed by atoms with Crippen LogP contribution in [0, 0.1) is 0 Å². The molecule has 0 aromatic rings. The van der Waals surface area contributed by atoms with Gasteiger partial charge in [0.1, 0.15) is 19.8 Å². The molecule has 168 valence electrons. The maximum Gasteiger partial charge on any atom is 0.508 e. The van der Waals surface area contributed by atoms with Crippen molar-refractivity contribution in [2.45, 2.75) is 37.9 Å². The number of esters is 3. The van der Waals surface area contributed by atoms with E-state index in [9.17, 15) is 28.8 Å². The number of cyclic esters (lactones) is 6. The zero-order valence-electron chi connectivity index (χ0n) is 15.6. The van der Waals surface area contributed by atoms with Gasteiger partial charge in [-0.15, -0.1) is 0 Å². The Balaban J connectivity index is 0.000000250. The van der Waals surface area contributed by atoms with Crippen LogP contribution in [0.5, 0.6) is 0 Å². The van der Waals surface area contributed by atoms with Crippen LogP contribution in [0.4, 0.5) is 9.59 Å². The van der Waals surface area contributed by atoms with Crippen molar-refractivity contribution in [3.05, 3.63) is 0 Å². The molecule has 3 aliphatic rings. The lowest BCUT2D eigenvalue weighted by Gasteiger charge is -2.06. The Kier molecular flexibility index (Phi) is 10.6. The molecule has 3 heterocycles. The number of carboxylic acids is 1. The molecular formula is C16H20O14. The minimum atomic E-state index is -1.07. The van der Waals surface area contributed by atoms with Crippen LogP contribution in [-0.2, 0) is 47.6 Å². The second-order valence-corrected chi connectivity index (χ2v) is 5.71. The monoisotopic (exact) mass is 436 g/mol. The molecule has 3 aliphatic heterocycles. The highest BCUT2D eigenvalue weighted by Gasteiger charge is 2.26. The molecule has 3 saturated heterocycles. The van der Waals surface area contributed by atoms with Crippen LogP contribution in [-0.4, -0.2) is 85.0 Å². The van der Waals surface area contributed by atoms with Gasteiger partial charge in [-0.05, 0) is 0 Å². The first-order valence-corrected chi connectivity index (χ1v) is 8.58. The van der Waals surface area contributed by atoms with E-state index >= 15 is 0 Å². The quantitative estimate of drug-likeness (QED) is 0.301. The number of aliphatic carboxylic acids is 1. The molecule has 0 amide bonds. The molecule has 3 fully saturated rings. The summed E-state index contributed by atoms with van der Waals surface area (Å²) in [6.45, 7) is -0.0453. The van der Waals surface area contributed by atoms with Gasteiger partial charge in [-0.1, -0.05) is 0 Å². The number of carboxylic acid groups (broad SMARTS) is 1. The van der Waals surface area contributed by atoms with Crippen LogP contribution in [0.15, 0.2) is 0 Å². The Morgan fingerprint density at radius 2 is 1.43 bits per heavy atom. The van der Waals surface area contributed by atoms with E-state index in [-0.39, 0.29) is 52.1 Å². The van der Waals surface area contributed by atoms with Crippen molar-refractivity contribution in [2.75, 3.05) is 26.4 Å². The molecule has 0 aliphatic carbocycles. The third-order valence-corrected chi connectivity index (χ3v) is 3.24. The molecular weight excluding hydrogens is 416 g/mol. The van der Waals surface area contributed by atoms with E-state index in [1.165, 1.54) is 0 Å². The largest absolute Gasteiger partial charge is 0.508 e. The highest BCUT2D eigenvalue weighted by Crippen LogP contribution is 2.07. The van der Waals surface area contributed by atoms with Gasteiger partial charge in [0.05, 0.1) is 32.3 Å². The molecule has 2 atom stereocenters. The first-order chi connectivity index (χ1) is 14.2. The van der Waals surface area contributed by atoms with Crippen molar-refractivity contribution in [1.29, 1.82) is 0 Å². The molecule has 0 spiro atoms. The molecule has 14 heteroatoms. The van der Waals surface area contributed by atoms with Crippen LogP contribution in [0.3, 0.4) is 0 Å². The molecule has 0 saturated carbocycles. The lowest BCUT2D eigenvalue weighted by molar-refractivity contribution is -0.152. The van der Waals surface area contributed by atoms with Crippen molar-refractivity contribution in [3.8, 4) is 0 Å². The average Bonchev–Trinajstić information content (AvgIpc) is 3.41. The molecule has 0 bridgehead atoms. The van der Waals surface area contributed by atoms with Gasteiger partial charge in [-0.2, -0.15) is 0 Å². The van der Waals surface area contributed by atoms with Crippen LogP contribution >= 0.6 is 0 Å². The topological polar surface area (TPSA) is 198 Å². The number of carbonyl (C=O) groups is 6. The molecule has 2 unspecified atom stereocenters. The molecule has 0 aromatic carbocycles. The van der Waals surface area contributed by atoms with Crippen LogP contribution in [0.1, 0.15) is 25.7 Å². The van der Waals surface area contributed by atoms with Crippen molar-refractivity contribution in [1.82, 2.24) is 0 Å². The highest BCUT2D eigenvalue weighted by atomic mass is 16.8. The Morgan fingerprint density at radius 3 is 1.77 bits per heavy atom. The first kappa shape index (κ1) is 24.6. The van der Waals surface area contributed by atoms with Gasteiger partial charge >= 0.3 is 36.2 Å². The predicted octanol–water partition coefficient (Wildman–Crippen LogP) is -0.706. The number of ether oxygens (including phenoxy) is 6.